The lowest BCUT2D eigenvalue weighted by molar-refractivity contribution is 0.0995. The maximum atomic E-state index is 11.3. The fraction of sp³-hybridized carbons (Fsp3) is 0.600. The van der Waals surface area contributed by atoms with Gasteiger partial charge in [-0.1, -0.05) is 13.8 Å². The Hall–Kier alpha value is -1.78. The lowest BCUT2D eigenvalue weighted by Gasteiger charge is -2.24. The van der Waals surface area contributed by atoms with Crippen molar-refractivity contribution in [3.63, 3.8) is 0 Å². The van der Waals surface area contributed by atoms with Crippen LogP contribution in [0.15, 0.2) is 12.1 Å². The monoisotopic (exact) mass is 276 g/mol. The zero-order chi connectivity index (χ0) is 14.7. The van der Waals surface area contributed by atoms with Gasteiger partial charge in [0.15, 0.2) is 5.82 Å². The molecule has 0 radical (unpaired) electrons. The van der Waals surface area contributed by atoms with Crippen molar-refractivity contribution in [2.24, 2.45) is 17.6 Å². The minimum Gasteiger partial charge on any atom is -0.396 e. The molecular weight excluding hydrogens is 252 g/mol. The average molecular weight is 276 g/mol. The Kier molecular flexibility index (Phi) is 4.47. The summed E-state index contributed by atoms with van der Waals surface area (Å²) in [6, 6.07) is 3.29. The summed E-state index contributed by atoms with van der Waals surface area (Å²) >= 11 is 0. The van der Waals surface area contributed by atoms with Crippen molar-refractivity contribution in [1.82, 2.24) is 4.98 Å². The largest absolute Gasteiger partial charge is 0.396 e. The highest BCUT2D eigenvalue weighted by Gasteiger charge is 2.22. The minimum atomic E-state index is -0.513. The fourth-order valence-electron chi connectivity index (χ4n) is 2.85. The first kappa shape index (κ1) is 14.6. The fourth-order valence-corrected chi connectivity index (χ4v) is 2.85. The van der Waals surface area contributed by atoms with Gasteiger partial charge in [-0.15, -0.1) is 0 Å². The molecule has 1 aromatic rings. The van der Waals surface area contributed by atoms with Gasteiger partial charge in [-0.25, -0.2) is 4.98 Å². The third kappa shape index (κ3) is 3.21. The number of aromatic nitrogens is 1. The number of primary amides is 1. The molecule has 110 valence electrons. The van der Waals surface area contributed by atoms with Gasteiger partial charge in [0.1, 0.15) is 5.69 Å². The second-order valence-electron chi connectivity index (χ2n) is 5.90. The molecule has 20 heavy (non-hydrogen) atoms. The average Bonchev–Trinajstić information content (AvgIpc) is 2.64. The minimum absolute atomic E-state index is 0.277. The van der Waals surface area contributed by atoms with Crippen LogP contribution in [-0.4, -0.2) is 24.0 Å². The number of anilines is 2. The summed E-state index contributed by atoms with van der Waals surface area (Å²) in [5.74, 6) is 1.64. The van der Waals surface area contributed by atoms with Crippen molar-refractivity contribution >= 4 is 17.4 Å². The Morgan fingerprint density at radius 1 is 1.35 bits per heavy atom. The summed E-state index contributed by atoms with van der Waals surface area (Å²) in [7, 11) is 0. The van der Waals surface area contributed by atoms with Crippen LogP contribution in [0.2, 0.25) is 0 Å². The van der Waals surface area contributed by atoms with Crippen molar-refractivity contribution in [3.05, 3.63) is 17.8 Å². The number of nitrogens with zero attached hydrogens (tertiary/aromatic N) is 2. The van der Waals surface area contributed by atoms with Crippen LogP contribution in [-0.2, 0) is 0 Å². The number of nitrogens with two attached hydrogens (primary N) is 2. The van der Waals surface area contributed by atoms with Gasteiger partial charge in [0.05, 0.1) is 5.69 Å². The molecule has 5 nitrogen and oxygen atoms in total. The first-order valence-corrected chi connectivity index (χ1v) is 7.30. The molecular formula is C15H24N4O. The van der Waals surface area contributed by atoms with E-state index in [1.54, 1.807) is 12.1 Å². The molecule has 0 spiro atoms. The Morgan fingerprint density at radius 2 is 2.10 bits per heavy atom. The molecule has 1 aliphatic rings. The number of amides is 1. The van der Waals surface area contributed by atoms with Gasteiger partial charge < -0.3 is 16.4 Å². The normalized spacial score (nSPS) is 19.9. The molecule has 1 unspecified atom stereocenters. The molecule has 0 saturated carbocycles. The zero-order valence-corrected chi connectivity index (χ0v) is 12.3. The lowest BCUT2D eigenvalue weighted by atomic mass is 9.89. The topological polar surface area (TPSA) is 85.2 Å². The van der Waals surface area contributed by atoms with Crippen LogP contribution >= 0.6 is 0 Å². The van der Waals surface area contributed by atoms with Gasteiger partial charge in [0.2, 0.25) is 0 Å². The van der Waals surface area contributed by atoms with Crippen molar-refractivity contribution in [2.45, 2.75) is 33.1 Å². The Bertz CT molecular complexity index is 487. The molecule has 1 aromatic heterocycles. The molecule has 0 aliphatic carbocycles. The predicted molar refractivity (Wildman–Crippen MR) is 81.6 cm³/mol. The van der Waals surface area contributed by atoms with E-state index in [0.717, 1.165) is 31.8 Å². The third-order valence-electron chi connectivity index (χ3n) is 4.17. The van der Waals surface area contributed by atoms with Crippen LogP contribution in [0.5, 0.6) is 0 Å². The third-order valence-corrected chi connectivity index (χ3v) is 4.17. The number of pyridine rings is 1. The van der Waals surface area contributed by atoms with Gasteiger partial charge in [-0.05, 0) is 43.2 Å². The van der Waals surface area contributed by atoms with E-state index in [0.29, 0.717) is 17.4 Å². The van der Waals surface area contributed by atoms with E-state index in [4.69, 9.17) is 11.5 Å². The quantitative estimate of drug-likeness (QED) is 0.884. The maximum absolute atomic E-state index is 11.3. The highest BCUT2D eigenvalue weighted by Crippen LogP contribution is 2.29. The van der Waals surface area contributed by atoms with Crippen molar-refractivity contribution in [2.75, 3.05) is 23.7 Å². The molecule has 4 N–H and O–H groups in total. The maximum Gasteiger partial charge on any atom is 0.267 e. The number of hydrogen-bond donors (Lipinski definition) is 2. The Morgan fingerprint density at radius 3 is 2.75 bits per heavy atom. The van der Waals surface area contributed by atoms with Gasteiger partial charge in [0.25, 0.3) is 5.91 Å². The second kappa shape index (κ2) is 6.11. The Balaban J connectivity index is 2.19. The van der Waals surface area contributed by atoms with Crippen LogP contribution < -0.4 is 16.4 Å². The molecule has 0 aromatic carbocycles. The van der Waals surface area contributed by atoms with E-state index in [1.807, 2.05) is 0 Å². The number of nitrogen functional groups attached to an aromatic ring is 1. The zero-order valence-electron chi connectivity index (χ0n) is 12.3. The highest BCUT2D eigenvalue weighted by molar-refractivity contribution is 5.91. The molecule has 1 saturated heterocycles. The van der Waals surface area contributed by atoms with Crippen LogP contribution in [0.3, 0.4) is 0 Å². The second-order valence-corrected chi connectivity index (χ2v) is 5.90. The molecule has 2 heterocycles. The standard InChI is InChI=1S/C15H24N4O/c1-10(2)11-4-3-8-19(9-7-11)15-12(16)5-6-13(18-15)14(17)20/h5-6,10-11H,3-4,7-9,16H2,1-2H3,(H2,17,20). The van der Waals surface area contributed by atoms with Crippen LogP contribution in [0, 0.1) is 11.8 Å². The van der Waals surface area contributed by atoms with Crippen LogP contribution in [0.4, 0.5) is 11.5 Å². The molecule has 1 amide bonds. The molecule has 5 heteroatoms. The molecule has 0 bridgehead atoms. The highest BCUT2D eigenvalue weighted by atomic mass is 16.1. The van der Waals surface area contributed by atoms with E-state index < -0.39 is 5.91 Å². The number of hydrogen-bond acceptors (Lipinski definition) is 4. The van der Waals surface area contributed by atoms with E-state index in [1.165, 1.54) is 6.42 Å². The molecule has 2 rings (SSSR count). The van der Waals surface area contributed by atoms with Crippen molar-refractivity contribution in [1.29, 1.82) is 0 Å². The van der Waals surface area contributed by atoms with E-state index in [-0.39, 0.29) is 5.69 Å². The van der Waals surface area contributed by atoms with Gasteiger partial charge >= 0.3 is 0 Å². The van der Waals surface area contributed by atoms with E-state index >= 15 is 0 Å². The Labute approximate surface area is 120 Å². The SMILES string of the molecule is CC(C)C1CCCN(c2nc(C(N)=O)ccc2N)CC1. The van der Waals surface area contributed by atoms with Gasteiger partial charge in [-0.2, -0.15) is 0 Å². The summed E-state index contributed by atoms with van der Waals surface area (Å²) in [5.41, 5.74) is 12.2. The number of carbonyl (C=O) groups is 1. The molecule has 1 aliphatic heterocycles. The van der Waals surface area contributed by atoms with Crippen LogP contribution in [0.1, 0.15) is 43.6 Å². The van der Waals surface area contributed by atoms with Crippen molar-refractivity contribution in [3.8, 4) is 0 Å². The number of carbonyl (C=O) groups excluding carboxylic acids is 1. The van der Waals surface area contributed by atoms with E-state index in [9.17, 15) is 4.79 Å². The summed E-state index contributed by atoms with van der Waals surface area (Å²) in [6.07, 6.45) is 3.51. The summed E-state index contributed by atoms with van der Waals surface area (Å²) in [5, 5.41) is 0. The summed E-state index contributed by atoms with van der Waals surface area (Å²) < 4.78 is 0. The predicted octanol–water partition coefficient (Wildman–Crippen LogP) is 2.03. The first-order chi connectivity index (χ1) is 9.49. The van der Waals surface area contributed by atoms with Gasteiger partial charge in [0, 0.05) is 13.1 Å². The smallest absolute Gasteiger partial charge is 0.267 e. The van der Waals surface area contributed by atoms with Crippen molar-refractivity contribution < 1.29 is 4.79 Å². The lowest BCUT2D eigenvalue weighted by Crippen LogP contribution is -2.27. The van der Waals surface area contributed by atoms with Gasteiger partial charge in [-0.3, -0.25) is 4.79 Å². The van der Waals surface area contributed by atoms with E-state index in [2.05, 4.69) is 23.7 Å². The number of rotatable bonds is 3. The molecule has 1 fully saturated rings. The summed E-state index contributed by atoms with van der Waals surface area (Å²) in [4.78, 5) is 17.8. The van der Waals surface area contributed by atoms with Crippen LogP contribution in [0.25, 0.3) is 0 Å². The molecule has 1 atom stereocenters. The summed E-state index contributed by atoms with van der Waals surface area (Å²) in [6.45, 7) is 6.42. The first-order valence-electron chi connectivity index (χ1n) is 7.30.